The Balaban J connectivity index is 1.92. The summed E-state index contributed by atoms with van der Waals surface area (Å²) >= 11 is 1.39. The highest BCUT2D eigenvalue weighted by Gasteiger charge is 2.35. The van der Waals surface area contributed by atoms with Crippen molar-refractivity contribution in [3.8, 4) is 22.9 Å². The Morgan fingerprint density at radius 3 is 2.71 bits per heavy atom. The van der Waals surface area contributed by atoms with Crippen LogP contribution in [0.25, 0.3) is 11.3 Å². The Morgan fingerprint density at radius 1 is 1.19 bits per heavy atom. The number of benzene rings is 2. The molecule has 1 aliphatic heterocycles. The molecule has 3 aromatic rings. The molecule has 1 aliphatic rings. The maximum Gasteiger partial charge on any atom is 0.247 e. The number of ether oxygens (including phenoxy) is 2. The summed E-state index contributed by atoms with van der Waals surface area (Å²) in [5.74, 6) is 1.10. The molecule has 8 heteroatoms. The van der Waals surface area contributed by atoms with E-state index in [1.807, 2.05) is 69.5 Å². The summed E-state index contributed by atoms with van der Waals surface area (Å²) in [7, 11) is 0. The first-order valence-electron chi connectivity index (χ1n) is 10.2. The molecule has 0 spiro atoms. The van der Waals surface area contributed by atoms with Crippen LogP contribution in [0.3, 0.4) is 0 Å². The third-order valence-corrected chi connectivity index (χ3v) is 5.59. The number of hydrogen-bond acceptors (Lipinski definition) is 7. The lowest BCUT2D eigenvalue weighted by atomic mass is 10.1. The van der Waals surface area contributed by atoms with Crippen LogP contribution in [0.2, 0.25) is 0 Å². The van der Waals surface area contributed by atoms with E-state index >= 15 is 0 Å². The highest BCUT2D eigenvalue weighted by molar-refractivity contribution is 7.98. The minimum Gasteiger partial charge on any atom is -0.494 e. The maximum atomic E-state index is 13.2. The summed E-state index contributed by atoms with van der Waals surface area (Å²) in [5, 5.41) is 9.07. The number of hydrogen-bond donors (Lipinski definition) is 0. The summed E-state index contributed by atoms with van der Waals surface area (Å²) in [5.41, 5.74) is 3.80. The van der Waals surface area contributed by atoms with E-state index in [1.54, 1.807) is 4.90 Å². The van der Waals surface area contributed by atoms with Gasteiger partial charge in [-0.05, 0) is 49.9 Å². The van der Waals surface area contributed by atoms with Crippen molar-refractivity contribution in [2.75, 3.05) is 17.8 Å². The zero-order valence-electron chi connectivity index (χ0n) is 18.0. The van der Waals surface area contributed by atoms with E-state index in [-0.39, 0.29) is 5.91 Å². The number of aromatic nitrogens is 3. The molecule has 2 heterocycles. The molecule has 4 rings (SSSR count). The second kappa shape index (κ2) is 8.93. The van der Waals surface area contributed by atoms with E-state index in [0.717, 1.165) is 28.1 Å². The smallest absolute Gasteiger partial charge is 0.247 e. The average Bonchev–Trinajstić information content (AvgIpc) is 2.94. The van der Waals surface area contributed by atoms with Gasteiger partial charge >= 0.3 is 0 Å². The third-order valence-electron chi connectivity index (χ3n) is 5.05. The number of para-hydroxylation sites is 1. The Kier molecular flexibility index (Phi) is 6.08. The van der Waals surface area contributed by atoms with Crippen LogP contribution in [0, 0.1) is 6.92 Å². The molecule has 2 aromatic carbocycles. The number of thioether (sulfide) groups is 1. The van der Waals surface area contributed by atoms with E-state index in [0.29, 0.717) is 29.8 Å². The van der Waals surface area contributed by atoms with E-state index in [9.17, 15) is 4.79 Å². The van der Waals surface area contributed by atoms with Gasteiger partial charge in [-0.2, -0.15) is 4.98 Å². The molecule has 1 atom stereocenters. The summed E-state index contributed by atoms with van der Waals surface area (Å²) in [6, 6.07) is 13.4. The number of anilines is 1. The van der Waals surface area contributed by atoms with Gasteiger partial charge in [0.15, 0.2) is 5.69 Å². The van der Waals surface area contributed by atoms with Crippen LogP contribution in [0.5, 0.6) is 11.6 Å². The molecule has 31 heavy (non-hydrogen) atoms. The Labute approximate surface area is 185 Å². The predicted molar refractivity (Wildman–Crippen MR) is 121 cm³/mol. The summed E-state index contributed by atoms with van der Waals surface area (Å²) in [6.45, 7) is 6.36. The molecule has 1 amide bonds. The second-order valence-electron chi connectivity index (χ2n) is 7.01. The largest absolute Gasteiger partial charge is 0.494 e. The van der Waals surface area contributed by atoms with Crippen molar-refractivity contribution in [1.82, 2.24) is 15.2 Å². The van der Waals surface area contributed by atoms with Crippen LogP contribution in [0.1, 0.15) is 37.6 Å². The van der Waals surface area contributed by atoms with Gasteiger partial charge < -0.3 is 9.47 Å². The average molecular weight is 437 g/mol. The fourth-order valence-electron chi connectivity index (χ4n) is 3.60. The first-order chi connectivity index (χ1) is 15.1. The first-order valence-corrected chi connectivity index (χ1v) is 11.4. The molecule has 0 N–H and O–H groups in total. The SMILES string of the molecule is CCOc1ccc([C@@H]2Oc3nc(SC)nnc3-c3ccccc3N2C(=O)CC)cc1C. The van der Waals surface area contributed by atoms with Crippen molar-refractivity contribution in [3.05, 3.63) is 53.6 Å². The number of amides is 1. The fraction of sp³-hybridized carbons (Fsp3) is 0.304. The van der Waals surface area contributed by atoms with E-state index in [1.165, 1.54) is 11.8 Å². The van der Waals surface area contributed by atoms with E-state index < -0.39 is 6.23 Å². The Hall–Kier alpha value is -3.13. The molecule has 1 aromatic heterocycles. The molecule has 0 saturated carbocycles. The Bertz CT molecular complexity index is 1120. The fourth-order valence-corrected chi connectivity index (χ4v) is 3.90. The number of fused-ring (bicyclic) bond motifs is 3. The molecule has 0 radical (unpaired) electrons. The van der Waals surface area contributed by atoms with Gasteiger partial charge in [0.1, 0.15) is 5.75 Å². The molecule has 7 nitrogen and oxygen atoms in total. The first kappa shape index (κ1) is 21.1. The Morgan fingerprint density at radius 2 is 2.00 bits per heavy atom. The van der Waals surface area contributed by atoms with Crippen molar-refractivity contribution in [2.24, 2.45) is 0 Å². The van der Waals surface area contributed by atoms with Crippen molar-refractivity contribution in [2.45, 2.75) is 38.6 Å². The van der Waals surface area contributed by atoms with Crippen LogP contribution < -0.4 is 14.4 Å². The van der Waals surface area contributed by atoms with Gasteiger partial charge in [-0.1, -0.05) is 36.9 Å². The lowest BCUT2D eigenvalue weighted by Gasteiger charge is -2.31. The normalized spacial score (nSPS) is 14.8. The minimum atomic E-state index is -0.698. The zero-order chi connectivity index (χ0) is 22.0. The standard InChI is InChI=1S/C23H24N4O3S/c1-5-19(28)27-17-10-8-7-9-16(17)20-21(24-23(31-4)26-25-20)30-22(27)15-11-12-18(29-6-2)14(3)13-15/h7-13,22H,5-6H2,1-4H3/t22-/m0/s1. The van der Waals surface area contributed by atoms with Gasteiger partial charge in [0.2, 0.25) is 23.2 Å². The number of aryl methyl sites for hydroxylation is 1. The van der Waals surface area contributed by atoms with Gasteiger partial charge in [-0.15, -0.1) is 10.2 Å². The lowest BCUT2D eigenvalue weighted by molar-refractivity contribution is -0.120. The molecular weight excluding hydrogens is 412 g/mol. The summed E-state index contributed by atoms with van der Waals surface area (Å²) in [6.07, 6.45) is 1.51. The van der Waals surface area contributed by atoms with Gasteiger partial charge in [-0.3, -0.25) is 9.69 Å². The number of rotatable bonds is 5. The molecule has 0 aliphatic carbocycles. The van der Waals surface area contributed by atoms with E-state index in [4.69, 9.17) is 9.47 Å². The van der Waals surface area contributed by atoms with Gasteiger partial charge in [0.05, 0.1) is 12.3 Å². The number of carbonyl (C=O) groups is 1. The van der Waals surface area contributed by atoms with Crippen molar-refractivity contribution in [3.63, 3.8) is 0 Å². The zero-order valence-corrected chi connectivity index (χ0v) is 18.8. The summed E-state index contributed by atoms with van der Waals surface area (Å²) in [4.78, 5) is 19.4. The topological polar surface area (TPSA) is 77.4 Å². The molecule has 160 valence electrons. The van der Waals surface area contributed by atoms with Crippen LogP contribution >= 0.6 is 11.8 Å². The van der Waals surface area contributed by atoms with Crippen LogP contribution in [-0.2, 0) is 4.79 Å². The highest BCUT2D eigenvalue weighted by atomic mass is 32.2. The minimum absolute atomic E-state index is 0.0603. The molecular formula is C23H24N4O3S. The monoisotopic (exact) mass is 436 g/mol. The third kappa shape index (κ3) is 3.95. The van der Waals surface area contributed by atoms with Crippen molar-refractivity contribution < 1.29 is 14.3 Å². The maximum absolute atomic E-state index is 13.2. The predicted octanol–water partition coefficient (Wildman–Crippen LogP) is 4.80. The molecule has 0 saturated heterocycles. The van der Waals surface area contributed by atoms with Gasteiger partial charge in [0.25, 0.3) is 0 Å². The molecule has 0 bridgehead atoms. The van der Waals surface area contributed by atoms with Crippen LogP contribution in [0.15, 0.2) is 47.6 Å². The van der Waals surface area contributed by atoms with E-state index in [2.05, 4.69) is 15.2 Å². The van der Waals surface area contributed by atoms with Crippen LogP contribution in [0.4, 0.5) is 5.69 Å². The molecule has 0 fully saturated rings. The number of nitrogens with zero attached hydrogens (tertiary/aromatic N) is 4. The van der Waals surface area contributed by atoms with Crippen molar-refractivity contribution >= 4 is 23.4 Å². The summed E-state index contributed by atoms with van der Waals surface area (Å²) < 4.78 is 12.1. The van der Waals surface area contributed by atoms with Crippen molar-refractivity contribution in [1.29, 1.82) is 0 Å². The second-order valence-corrected chi connectivity index (χ2v) is 7.79. The number of carbonyl (C=O) groups excluding carboxylic acids is 1. The molecule has 0 unspecified atom stereocenters. The highest BCUT2D eigenvalue weighted by Crippen LogP contribution is 2.43. The van der Waals surface area contributed by atoms with Gasteiger partial charge in [-0.25, -0.2) is 0 Å². The quantitative estimate of drug-likeness (QED) is 0.532. The van der Waals surface area contributed by atoms with Crippen LogP contribution in [-0.4, -0.2) is 34.0 Å². The van der Waals surface area contributed by atoms with Gasteiger partial charge in [0, 0.05) is 17.5 Å². The lowest BCUT2D eigenvalue weighted by Crippen LogP contribution is -2.37.